The van der Waals surface area contributed by atoms with Crippen molar-refractivity contribution in [2.75, 3.05) is 12.3 Å². The van der Waals surface area contributed by atoms with E-state index in [-0.39, 0.29) is 11.2 Å². The molecule has 0 rings (SSSR count). The Morgan fingerprint density at radius 2 is 2.38 bits per heavy atom. The molecule has 76 valence electrons. The summed E-state index contributed by atoms with van der Waals surface area (Å²) in [7, 11) is 0. The molecule has 0 aliphatic heterocycles. The summed E-state index contributed by atoms with van der Waals surface area (Å²) in [6.07, 6.45) is 4.00. The maximum Gasteiger partial charge on any atom is 0.232 e. The molecule has 0 aromatic carbocycles. The van der Waals surface area contributed by atoms with Crippen LogP contribution in [0.4, 0.5) is 0 Å². The van der Waals surface area contributed by atoms with E-state index >= 15 is 0 Å². The third-order valence-electron chi connectivity index (χ3n) is 1.66. The van der Waals surface area contributed by atoms with Crippen LogP contribution in [-0.4, -0.2) is 23.5 Å². The van der Waals surface area contributed by atoms with Gasteiger partial charge in [0, 0.05) is 12.3 Å². The molecule has 0 aliphatic rings. The number of carbonyl (C=O) groups excluding carboxylic acids is 1. The van der Waals surface area contributed by atoms with E-state index < -0.39 is 0 Å². The van der Waals surface area contributed by atoms with Gasteiger partial charge in [-0.25, -0.2) is 0 Å². The number of thioether (sulfide) groups is 1. The Morgan fingerprint density at radius 3 is 2.92 bits per heavy atom. The Kier molecular flexibility index (Phi) is 7.90. The van der Waals surface area contributed by atoms with Gasteiger partial charge in [-0.2, -0.15) is 0 Å². The summed E-state index contributed by atoms with van der Waals surface area (Å²) >= 11 is 1.61. The van der Waals surface area contributed by atoms with Crippen LogP contribution >= 0.6 is 11.8 Å². The quantitative estimate of drug-likeness (QED) is 0.505. The number of amides is 1. The van der Waals surface area contributed by atoms with Crippen molar-refractivity contribution in [1.82, 2.24) is 5.32 Å². The molecule has 0 fully saturated rings. The van der Waals surface area contributed by atoms with E-state index in [4.69, 9.17) is 0 Å². The first-order valence-corrected chi connectivity index (χ1v) is 5.77. The van der Waals surface area contributed by atoms with Gasteiger partial charge >= 0.3 is 0 Å². The second-order valence-corrected chi connectivity index (χ2v) is 4.28. The molecular formula is C10H19NOS. The number of nitrogens with one attached hydrogen (secondary N) is 1. The Labute approximate surface area is 85.2 Å². The first-order chi connectivity index (χ1) is 6.22. The van der Waals surface area contributed by atoms with Crippen molar-refractivity contribution in [1.29, 1.82) is 0 Å². The second kappa shape index (κ2) is 8.17. The fraction of sp³-hybridized carbons (Fsp3) is 0.700. The molecule has 0 radical (unpaired) electrons. The lowest BCUT2D eigenvalue weighted by Crippen LogP contribution is -2.31. The van der Waals surface area contributed by atoms with E-state index in [1.807, 2.05) is 13.0 Å². The monoisotopic (exact) mass is 201 g/mol. The summed E-state index contributed by atoms with van der Waals surface area (Å²) in [5.41, 5.74) is 0. The molecule has 13 heavy (non-hydrogen) atoms. The highest BCUT2D eigenvalue weighted by molar-refractivity contribution is 8.00. The van der Waals surface area contributed by atoms with Crippen molar-refractivity contribution >= 4 is 17.7 Å². The van der Waals surface area contributed by atoms with Gasteiger partial charge in [-0.1, -0.05) is 19.4 Å². The first kappa shape index (κ1) is 12.6. The molecule has 0 saturated heterocycles. The van der Waals surface area contributed by atoms with Crippen LogP contribution in [0.25, 0.3) is 0 Å². The lowest BCUT2D eigenvalue weighted by molar-refractivity contribution is -0.120. The molecule has 0 aromatic rings. The largest absolute Gasteiger partial charge is 0.355 e. The lowest BCUT2D eigenvalue weighted by atomic mass is 10.3. The third kappa shape index (κ3) is 6.70. The molecule has 0 spiro atoms. The fourth-order valence-electron chi connectivity index (χ4n) is 0.820. The van der Waals surface area contributed by atoms with Gasteiger partial charge < -0.3 is 5.32 Å². The van der Waals surface area contributed by atoms with Crippen molar-refractivity contribution in [3.63, 3.8) is 0 Å². The van der Waals surface area contributed by atoms with E-state index in [0.29, 0.717) is 0 Å². The molecule has 0 saturated carbocycles. The second-order valence-electron chi connectivity index (χ2n) is 2.91. The molecular weight excluding hydrogens is 182 g/mol. The van der Waals surface area contributed by atoms with Gasteiger partial charge in [0.1, 0.15) is 0 Å². The Morgan fingerprint density at radius 1 is 1.69 bits per heavy atom. The van der Waals surface area contributed by atoms with Crippen LogP contribution in [0.15, 0.2) is 12.7 Å². The number of hydrogen-bond acceptors (Lipinski definition) is 2. The average Bonchev–Trinajstić information content (AvgIpc) is 2.14. The number of rotatable bonds is 7. The summed E-state index contributed by atoms with van der Waals surface area (Å²) in [5, 5.41) is 2.94. The number of hydrogen-bond donors (Lipinski definition) is 1. The van der Waals surface area contributed by atoms with Crippen molar-refractivity contribution < 1.29 is 4.79 Å². The predicted octanol–water partition coefficient (Wildman–Crippen LogP) is 2.21. The van der Waals surface area contributed by atoms with E-state index in [2.05, 4.69) is 18.8 Å². The standard InChI is InChI=1S/C10H19NOS/c1-4-6-7-11-10(12)9(3)13-8-5-2/h5,9H,2,4,6-8H2,1,3H3,(H,11,12). The van der Waals surface area contributed by atoms with Crippen molar-refractivity contribution in [2.45, 2.75) is 31.9 Å². The van der Waals surface area contributed by atoms with Gasteiger partial charge in [-0.05, 0) is 13.3 Å². The van der Waals surface area contributed by atoms with Crippen LogP contribution in [0.5, 0.6) is 0 Å². The molecule has 1 atom stereocenters. The van der Waals surface area contributed by atoms with Crippen LogP contribution in [0.3, 0.4) is 0 Å². The fourth-order valence-corrected chi connectivity index (χ4v) is 1.48. The Balaban J connectivity index is 3.50. The van der Waals surface area contributed by atoms with Gasteiger partial charge in [0.05, 0.1) is 5.25 Å². The van der Waals surface area contributed by atoms with E-state index in [1.165, 1.54) is 0 Å². The molecule has 0 aromatic heterocycles. The third-order valence-corrected chi connectivity index (χ3v) is 2.81. The molecule has 2 nitrogen and oxygen atoms in total. The highest BCUT2D eigenvalue weighted by atomic mass is 32.2. The summed E-state index contributed by atoms with van der Waals surface area (Å²) in [6, 6.07) is 0. The summed E-state index contributed by atoms with van der Waals surface area (Å²) in [6.45, 7) is 8.45. The van der Waals surface area contributed by atoms with E-state index in [9.17, 15) is 4.79 Å². The van der Waals surface area contributed by atoms with Gasteiger partial charge in [0.25, 0.3) is 0 Å². The Bertz CT molecular complexity index is 159. The van der Waals surface area contributed by atoms with Gasteiger partial charge in [0.2, 0.25) is 5.91 Å². The van der Waals surface area contributed by atoms with Crippen molar-refractivity contribution in [3.05, 3.63) is 12.7 Å². The minimum Gasteiger partial charge on any atom is -0.355 e. The summed E-state index contributed by atoms with van der Waals surface area (Å²) in [4.78, 5) is 11.4. The lowest BCUT2D eigenvalue weighted by Gasteiger charge is -2.10. The topological polar surface area (TPSA) is 29.1 Å². The maximum absolute atomic E-state index is 11.4. The molecule has 1 N–H and O–H groups in total. The van der Waals surface area contributed by atoms with Crippen LogP contribution in [-0.2, 0) is 4.79 Å². The maximum atomic E-state index is 11.4. The number of unbranched alkanes of at least 4 members (excludes halogenated alkanes) is 1. The zero-order valence-electron chi connectivity index (χ0n) is 8.51. The molecule has 0 bridgehead atoms. The van der Waals surface area contributed by atoms with Crippen molar-refractivity contribution in [3.8, 4) is 0 Å². The van der Waals surface area contributed by atoms with Gasteiger partial charge in [-0.3, -0.25) is 4.79 Å². The van der Waals surface area contributed by atoms with Crippen molar-refractivity contribution in [2.24, 2.45) is 0 Å². The SMILES string of the molecule is C=CCSC(C)C(=O)NCCCC. The van der Waals surface area contributed by atoms with E-state index in [0.717, 1.165) is 25.1 Å². The Hall–Kier alpha value is -0.440. The predicted molar refractivity (Wildman–Crippen MR) is 60.0 cm³/mol. The zero-order valence-corrected chi connectivity index (χ0v) is 9.32. The van der Waals surface area contributed by atoms with Crippen LogP contribution in [0.2, 0.25) is 0 Å². The molecule has 0 aliphatic carbocycles. The average molecular weight is 201 g/mol. The highest BCUT2D eigenvalue weighted by Crippen LogP contribution is 2.09. The first-order valence-electron chi connectivity index (χ1n) is 4.72. The minimum atomic E-state index is 0.0369. The molecule has 3 heteroatoms. The highest BCUT2D eigenvalue weighted by Gasteiger charge is 2.10. The normalized spacial score (nSPS) is 12.2. The summed E-state index contributed by atoms with van der Waals surface area (Å²) in [5.74, 6) is 0.975. The molecule has 1 unspecified atom stereocenters. The van der Waals surface area contributed by atoms with Crippen LogP contribution in [0, 0.1) is 0 Å². The van der Waals surface area contributed by atoms with Crippen LogP contribution < -0.4 is 5.32 Å². The summed E-state index contributed by atoms with van der Waals surface area (Å²) < 4.78 is 0. The smallest absolute Gasteiger partial charge is 0.232 e. The van der Waals surface area contributed by atoms with Gasteiger partial charge in [0.15, 0.2) is 0 Å². The van der Waals surface area contributed by atoms with Gasteiger partial charge in [-0.15, -0.1) is 18.3 Å². The zero-order chi connectivity index (χ0) is 10.1. The number of carbonyl (C=O) groups is 1. The van der Waals surface area contributed by atoms with E-state index in [1.54, 1.807) is 11.8 Å². The van der Waals surface area contributed by atoms with Crippen LogP contribution in [0.1, 0.15) is 26.7 Å². The molecule has 1 amide bonds. The minimum absolute atomic E-state index is 0.0369. The molecule has 0 heterocycles.